The van der Waals surface area contributed by atoms with Gasteiger partial charge in [0.05, 0.1) is 11.3 Å². The number of likely N-dealkylation sites (tertiary alicyclic amines) is 1. The number of nitrogens with two attached hydrogens (primary N) is 1. The van der Waals surface area contributed by atoms with E-state index in [9.17, 15) is 4.79 Å². The van der Waals surface area contributed by atoms with Gasteiger partial charge in [0.15, 0.2) is 0 Å². The van der Waals surface area contributed by atoms with Gasteiger partial charge in [0.1, 0.15) is 6.33 Å². The molecule has 106 valence electrons. The van der Waals surface area contributed by atoms with E-state index in [4.69, 9.17) is 5.73 Å². The molecule has 2 N–H and O–H groups in total. The van der Waals surface area contributed by atoms with E-state index in [1.54, 1.807) is 6.20 Å². The quantitative estimate of drug-likeness (QED) is 0.891. The van der Waals surface area contributed by atoms with Gasteiger partial charge in [-0.2, -0.15) is 0 Å². The zero-order chi connectivity index (χ0) is 13.1. The highest BCUT2D eigenvalue weighted by atomic mass is 35.5. The fourth-order valence-corrected chi connectivity index (χ4v) is 2.50. The molecule has 0 saturated carbocycles. The van der Waals surface area contributed by atoms with Crippen LogP contribution in [0.4, 0.5) is 0 Å². The first-order chi connectivity index (χ1) is 8.63. The maximum Gasteiger partial charge on any atom is 0.257 e. The number of nitrogens with zero attached hydrogens (tertiary/aromatic N) is 3. The van der Waals surface area contributed by atoms with Crippen molar-refractivity contribution < 1.29 is 4.79 Å². The van der Waals surface area contributed by atoms with Crippen LogP contribution in [0, 0.1) is 12.8 Å². The van der Waals surface area contributed by atoms with Gasteiger partial charge in [-0.05, 0) is 25.7 Å². The van der Waals surface area contributed by atoms with Crippen molar-refractivity contribution in [3.63, 3.8) is 0 Å². The first kappa shape index (κ1) is 15.9. The highest BCUT2D eigenvalue weighted by Crippen LogP contribution is 2.23. The number of halogens is 1. The number of hydrogen-bond donors (Lipinski definition) is 1. The lowest BCUT2D eigenvalue weighted by molar-refractivity contribution is 0.0572. The lowest BCUT2D eigenvalue weighted by Gasteiger charge is -2.38. The molecule has 5 nitrogen and oxygen atoms in total. The number of carbonyl (C=O) groups excluding carboxylic acids is 1. The highest BCUT2D eigenvalue weighted by Gasteiger charge is 2.30. The molecule has 0 aliphatic carbocycles. The average Bonchev–Trinajstić information content (AvgIpc) is 2.38. The normalized spacial score (nSPS) is 22.8. The van der Waals surface area contributed by atoms with Crippen LogP contribution in [0.25, 0.3) is 0 Å². The number of piperidine rings is 1. The molecular formula is C13H21ClN4O. The fourth-order valence-electron chi connectivity index (χ4n) is 2.50. The van der Waals surface area contributed by atoms with Gasteiger partial charge in [-0.3, -0.25) is 4.79 Å². The van der Waals surface area contributed by atoms with Crippen LogP contribution in [-0.4, -0.2) is 39.9 Å². The van der Waals surface area contributed by atoms with Gasteiger partial charge in [-0.15, -0.1) is 12.4 Å². The average molecular weight is 285 g/mol. The van der Waals surface area contributed by atoms with Gasteiger partial charge in [-0.1, -0.05) is 6.92 Å². The third-order valence-electron chi connectivity index (χ3n) is 3.65. The molecule has 0 aromatic carbocycles. The number of hydrogen-bond acceptors (Lipinski definition) is 4. The minimum Gasteiger partial charge on any atom is -0.334 e. The smallest absolute Gasteiger partial charge is 0.257 e. The van der Waals surface area contributed by atoms with Crippen LogP contribution in [0.3, 0.4) is 0 Å². The van der Waals surface area contributed by atoms with Crippen LogP contribution < -0.4 is 5.73 Å². The lowest BCUT2D eigenvalue weighted by atomic mass is 9.92. The van der Waals surface area contributed by atoms with Crippen LogP contribution in [0.2, 0.25) is 0 Å². The molecule has 0 radical (unpaired) electrons. The number of aromatic nitrogens is 2. The molecule has 1 aliphatic heterocycles. The maximum absolute atomic E-state index is 12.5. The molecule has 1 aliphatic rings. The molecule has 2 rings (SSSR count). The van der Waals surface area contributed by atoms with E-state index in [0.717, 1.165) is 25.1 Å². The maximum atomic E-state index is 12.5. The van der Waals surface area contributed by atoms with E-state index in [1.807, 2.05) is 11.8 Å². The molecule has 0 spiro atoms. The largest absolute Gasteiger partial charge is 0.334 e. The van der Waals surface area contributed by atoms with Crippen LogP contribution in [0.1, 0.15) is 35.8 Å². The Morgan fingerprint density at radius 1 is 1.58 bits per heavy atom. The van der Waals surface area contributed by atoms with E-state index >= 15 is 0 Å². The van der Waals surface area contributed by atoms with Gasteiger partial charge < -0.3 is 10.6 Å². The second-order valence-electron chi connectivity index (χ2n) is 5.04. The number of rotatable bonds is 2. The summed E-state index contributed by atoms with van der Waals surface area (Å²) in [6, 6.07) is 0.140. The first-order valence-corrected chi connectivity index (χ1v) is 6.41. The Balaban J connectivity index is 0.00000180. The Morgan fingerprint density at radius 2 is 2.32 bits per heavy atom. The van der Waals surface area contributed by atoms with Crippen LogP contribution in [0.15, 0.2) is 12.5 Å². The van der Waals surface area contributed by atoms with Gasteiger partial charge >= 0.3 is 0 Å². The third kappa shape index (κ3) is 3.42. The van der Waals surface area contributed by atoms with Crippen molar-refractivity contribution in [2.45, 2.75) is 32.7 Å². The summed E-state index contributed by atoms with van der Waals surface area (Å²) in [6.07, 6.45) is 5.07. The molecule has 2 unspecified atom stereocenters. The molecule has 0 bridgehead atoms. The second kappa shape index (κ2) is 6.82. The van der Waals surface area contributed by atoms with Crippen LogP contribution in [-0.2, 0) is 0 Å². The van der Waals surface area contributed by atoms with Crippen molar-refractivity contribution in [1.82, 2.24) is 14.9 Å². The van der Waals surface area contributed by atoms with Crippen molar-refractivity contribution >= 4 is 18.3 Å². The van der Waals surface area contributed by atoms with Crippen LogP contribution >= 0.6 is 12.4 Å². The van der Waals surface area contributed by atoms with Gasteiger partial charge in [0, 0.05) is 25.3 Å². The standard InChI is InChI=1S/C13H20N4O.ClH/c1-9-3-4-17(11(5-9)6-14)13(18)12-7-15-8-16-10(12)2;/h7-9,11H,3-6,14H2,1-2H3;1H. The Hall–Kier alpha value is -1.20. The predicted octanol–water partition coefficient (Wildman–Crippen LogP) is 1.41. The van der Waals surface area contributed by atoms with E-state index in [-0.39, 0.29) is 24.4 Å². The van der Waals surface area contributed by atoms with E-state index in [1.165, 1.54) is 6.33 Å². The summed E-state index contributed by atoms with van der Waals surface area (Å²) in [5.74, 6) is 0.645. The second-order valence-corrected chi connectivity index (χ2v) is 5.04. The summed E-state index contributed by atoms with van der Waals surface area (Å²) in [5.41, 5.74) is 7.10. The van der Waals surface area contributed by atoms with E-state index in [0.29, 0.717) is 18.0 Å². The number of carbonyl (C=O) groups is 1. The third-order valence-corrected chi connectivity index (χ3v) is 3.65. The molecule has 1 saturated heterocycles. The summed E-state index contributed by atoms with van der Waals surface area (Å²) in [5, 5.41) is 0. The molecule has 1 fully saturated rings. The number of aryl methyl sites for hydroxylation is 1. The molecule has 2 atom stereocenters. The van der Waals surface area contributed by atoms with E-state index < -0.39 is 0 Å². The minimum atomic E-state index is 0. The van der Waals surface area contributed by atoms with Crippen LogP contribution in [0.5, 0.6) is 0 Å². The Bertz CT molecular complexity index is 440. The fraction of sp³-hybridized carbons (Fsp3) is 0.615. The summed E-state index contributed by atoms with van der Waals surface area (Å²) < 4.78 is 0. The molecule has 1 aromatic heterocycles. The van der Waals surface area contributed by atoms with Crippen molar-refractivity contribution in [3.8, 4) is 0 Å². The molecule has 1 amide bonds. The molecule has 19 heavy (non-hydrogen) atoms. The molecule has 2 heterocycles. The number of amides is 1. The zero-order valence-corrected chi connectivity index (χ0v) is 12.2. The van der Waals surface area contributed by atoms with Gasteiger partial charge in [0.2, 0.25) is 0 Å². The topological polar surface area (TPSA) is 72.1 Å². The van der Waals surface area contributed by atoms with Crippen molar-refractivity contribution in [2.24, 2.45) is 11.7 Å². The molecular weight excluding hydrogens is 264 g/mol. The zero-order valence-electron chi connectivity index (χ0n) is 11.4. The summed E-state index contributed by atoms with van der Waals surface area (Å²) >= 11 is 0. The summed E-state index contributed by atoms with van der Waals surface area (Å²) in [7, 11) is 0. The summed E-state index contributed by atoms with van der Waals surface area (Å²) in [6.45, 7) is 5.33. The Morgan fingerprint density at radius 3 is 2.95 bits per heavy atom. The Kier molecular flexibility index (Phi) is 5.69. The monoisotopic (exact) mass is 284 g/mol. The van der Waals surface area contributed by atoms with E-state index in [2.05, 4.69) is 16.9 Å². The summed E-state index contributed by atoms with van der Waals surface area (Å²) in [4.78, 5) is 22.4. The van der Waals surface area contributed by atoms with Gasteiger partial charge in [0.25, 0.3) is 5.91 Å². The van der Waals surface area contributed by atoms with Gasteiger partial charge in [-0.25, -0.2) is 9.97 Å². The predicted molar refractivity (Wildman–Crippen MR) is 76.3 cm³/mol. The Labute approximate surface area is 120 Å². The molecule has 1 aromatic rings. The van der Waals surface area contributed by atoms with Crippen molar-refractivity contribution in [1.29, 1.82) is 0 Å². The first-order valence-electron chi connectivity index (χ1n) is 6.41. The molecule has 6 heteroatoms. The van der Waals surface area contributed by atoms with Crippen molar-refractivity contribution in [2.75, 3.05) is 13.1 Å². The minimum absolute atomic E-state index is 0. The highest BCUT2D eigenvalue weighted by molar-refractivity contribution is 5.95. The SMILES string of the molecule is Cc1ncncc1C(=O)N1CCC(C)CC1CN.Cl. The van der Waals surface area contributed by atoms with Crippen molar-refractivity contribution in [3.05, 3.63) is 23.8 Å². The lowest BCUT2D eigenvalue weighted by Crippen LogP contribution is -2.49.